The van der Waals surface area contributed by atoms with Crippen LogP contribution in [-0.2, 0) is 14.2 Å². The minimum atomic E-state index is -0.140. The number of hydrogen-bond acceptors (Lipinski definition) is 3. The lowest BCUT2D eigenvalue weighted by Gasteiger charge is -2.28. The summed E-state index contributed by atoms with van der Waals surface area (Å²) in [5.41, 5.74) is 0.959. The zero-order chi connectivity index (χ0) is 13.9. The summed E-state index contributed by atoms with van der Waals surface area (Å²) in [4.78, 5) is 0. The van der Waals surface area contributed by atoms with Gasteiger partial charge in [-0.05, 0) is 37.0 Å². The van der Waals surface area contributed by atoms with Gasteiger partial charge in [-0.15, -0.1) is 0 Å². The first-order valence-corrected chi connectivity index (χ1v) is 7.81. The van der Waals surface area contributed by atoms with Crippen molar-refractivity contribution in [2.75, 3.05) is 13.2 Å². The van der Waals surface area contributed by atoms with Crippen molar-refractivity contribution in [3.63, 3.8) is 0 Å². The van der Waals surface area contributed by atoms with Gasteiger partial charge in [-0.3, -0.25) is 0 Å². The summed E-state index contributed by atoms with van der Waals surface area (Å²) in [5.74, 6) is 0. The van der Waals surface area contributed by atoms with Gasteiger partial charge in [0, 0.05) is 23.1 Å². The molecule has 5 heteroatoms. The van der Waals surface area contributed by atoms with Gasteiger partial charge >= 0.3 is 0 Å². The van der Waals surface area contributed by atoms with Crippen molar-refractivity contribution in [1.82, 2.24) is 0 Å². The highest BCUT2D eigenvalue weighted by molar-refractivity contribution is 6.35. The molecule has 2 aliphatic heterocycles. The maximum absolute atomic E-state index is 6.30. The van der Waals surface area contributed by atoms with Crippen LogP contribution in [0.2, 0.25) is 10.0 Å². The van der Waals surface area contributed by atoms with Crippen molar-refractivity contribution in [1.29, 1.82) is 0 Å². The summed E-state index contributed by atoms with van der Waals surface area (Å²) in [7, 11) is 0. The lowest BCUT2D eigenvalue weighted by Crippen LogP contribution is -2.25. The second-order valence-electron chi connectivity index (χ2n) is 5.28. The molecule has 0 N–H and O–H groups in total. The molecule has 1 aromatic rings. The molecule has 0 bridgehead atoms. The van der Waals surface area contributed by atoms with Gasteiger partial charge in [0.15, 0.2) is 6.29 Å². The molecular weight excluding hydrogens is 299 g/mol. The first-order valence-electron chi connectivity index (χ1n) is 7.06. The Hall–Kier alpha value is -0.320. The maximum Gasteiger partial charge on any atom is 0.158 e. The Labute approximate surface area is 129 Å². The van der Waals surface area contributed by atoms with Gasteiger partial charge in [0.1, 0.15) is 0 Å². The number of hydrogen-bond donors (Lipinski definition) is 0. The Bertz CT molecular complexity index is 456. The van der Waals surface area contributed by atoms with Gasteiger partial charge in [0.25, 0.3) is 0 Å². The molecule has 20 heavy (non-hydrogen) atoms. The highest BCUT2D eigenvalue weighted by Gasteiger charge is 2.31. The zero-order valence-corrected chi connectivity index (χ0v) is 12.7. The molecule has 2 saturated heterocycles. The number of benzene rings is 1. The molecule has 0 amide bonds. The van der Waals surface area contributed by atoms with Crippen LogP contribution in [0.3, 0.4) is 0 Å². The van der Waals surface area contributed by atoms with Gasteiger partial charge in [-0.2, -0.15) is 0 Å². The number of rotatable bonds is 5. The predicted octanol–water partition coefficient (Wildman–Crippen LogP) is 4.37. The van der Waals surface area contributed by atoms with Crippen LogP contribution in [0.4, 0.5) is 0 Å². The molecule has 3 nitrogen and oxygen atoms in total. The fourth-order valence-corrected chi connectivity index (χ4v) is 2.99. The third-order valence-electron chi connectivity index (χ3n) is 3.64. The predicted molar refractivity (Wildman–Crippen MR) is 78.2 cm³/mol. The fourth-order valence-electron chi connectivity index (χ4n) is 2.46. The van der Waals surface area contributed by atoms with Gasteiger partial charge in [0.05, 0.1) is 18.8 Å². The standard InChI is InChI=1S/C15H18Cl2O3/c16-10-4-5-12(13(17)7-10)14(8-11-9-19-11)20-15-3-1-2-6-18-15/h4-5,7,11,14-15H,1-3,6,8-9H2. The van der Waals surface area contributed by atoms with Gasteiger partial charge < -0.3 is 14.2 Å². The lowest BCUT2D eigenvalue weighted by atomic mass is 10.0. The van der Waals surface area contributed by atoms with Crippen LogP contribution in [0.15, 0.2) is 18.2 Å². The van der Waals surface area contributed by atoms with E-state index in [-0.39, 0.29) is 18.5 Å². The Kier molecular flexibility index (Phi) is 4.84. The molecule has 3 atom stereocenters. The fraction of sp³-hybridized carbons (Fsp3) is 0.600. The Morgan fingerprint density at radius 1 is 1.25 bits per heavy atom. The van der Waals surface area contributed by atoms with Crippen molar-refractivity contribution in [3.05, 3.63) is 33.8 Å². The van der Waals surface area contributed by atoms with E-state index in [1.165, 1.54) is 0 Å². The monoisotopic (exact) mass is 316 g/mol. The van der Waals surface area contributed by atoms with Crippen molar-refractivity contribution < 1.29 is 14.2 Å². The van der Waals surface area contributed by atoms with E-state index < -0.39 is 0 Å². The van der Waals surface area contributed by atoms with Crippen molar-refractivity contribution >= 4 is 23.2 Å². The van der Waals surface area contributed by atoms with Gasteiger partial charge in [-0.1, -0.05) is 29.3 Å². The highest BCUT2D eigenvalue weighted by atomic mass is 35.5. The topological polar surface area (TPSA) is 31.0 Å². The molecule has 0 aromatic heterocycles. The number of epoxide rings is 1. The second kappa shape index (κ2) is 6.63. The zero-order valence-electron chi connectivity index (χ0n) is 11.2. The Balaban J connectivity index is 1.73. The van der Waals surface area contributed by atoms with E-state index in [2.05, 4.69) is 0 Å². The van der Waals surface area contributed by atoms with Gasteiger partial charge in [-0.25, -0.2) is 0 Å². The van der Waals surface area contributed by atoms with Crippen molar-refractivity contribution in [2.45, 2.75) is 44.2 Å². The molecule has 2 heterocycles. The first kappa shape index (κ1) is 14.6. The molecule has 0 spiro atoms. The quantitative estimate of drug-likeness (QED) is 0.756. The number of ether oxygens (including phenoxy) is 3. The smallest absolute Gasteiger partial charge is 0.158 e. The Morgan fingerprint density at radius 2 is 2.10 bits per heavy atom. The minimum absolute atomic E-state index is 0.102. The van der Waals surface area contributed by atoms with Crippen molar-refractivity contribution in [3.8, 4) is 0 Å². The van der Waals surface area contributed by atoms with E-state index in [1.54, 1.807) is 6.07 Å². The van der Waals surface area contributed by atoms with E-state index >= 15 is 0 Å². The van der Waals surface area contributed by atoms with Gasteiger partial charge in [0.2, 0.25) is 0 Å². The van der Waals surface area contributed by atoms with Crippen LogP contribution in [0, 0.1) is 0 Å². The summed E-state index contributed by atoms with van der Waals surface area (Å²) in [6, 6.07) is 5.53. The van der Waals surface area contributed by atoms with E-state index in [9.17, 15) is 0 Å². The molecule has 110 valence electrons. The summed E-state index contributed by atoms with van der Waals surface area (Å²) in [6.45, 7) is 1.57. The lowest BCUT2D eigenvalue weighted by molar-refractivity contribution is -0.191. The van der Waals surface area contributed by atoms with Crippen LogP contribution in [-0.4, -0.2) is 25.6 Å². The molecular formula is C15H18Cl2O3. The maximum atomic E-state index is 6.30. The summed E-state index contributed by atoms with van der Waals surface area (Å²) in [6.07, 6.45) is 4.03. The van der Waals surface area contributed by atoms with Crippen LogP contribution in [0.25, 0.3) is 0 Å². The molecule has 3 unspecified atom stereocenters. The first-order chi connectivity index (χ1) is 9.72. The van der Waals surface area contributed by atoms with E-state index in [0.717, 1.165) is 44.5 Å². The van der Waals surface area contributed by atoms with Crippen LogP contribution in [0.1, 0.15) is 37.4 Å². The normalized spacial score (nSPS) is 27.3. The minimum Gasteiger partial charge on any atom is -0.373 e. The third-order valence-corrected chi connectivity index (χ3v) is 4.21. The summed E-state index contributed by atoms with van der Waals surface area (Å²) in [5, 5.41) is 1.27. The molecule has 1 aromatic carbocycles. The number of halogens is 2. The van der Waals surface area contributed by atoms with E-state index in [4.69, 9.17) is 37.4 Å². The third kappa shape index (κ3) is 3.86. The van der Waals surface area contributed by atoms with Crippen LogP contribution < -0.4 is 0 Å². The largest absolute Gasteiger partial charge is 0.373 e. The molecule has 2 fully saturated rings. The molecule has 0 radical (unpaired) electrons. The molecule has 0 aliphatic carbocycles. The van der Waals surface area contributed by atoms with Crippen LogP contribution >= 0.6 is 23.2 Å². The summed E-state index contributed by atoms with van der Waals surface area (Å²) < 4.78 is 17.1. The van der Waals surface area contributed by atoms with E-state index in [0.29, 0.717) is 10.0 Å². The molecule has 3 rings (SSSR count). The summed E-state index contributed by atoms with van der Waals surface area (Å²) >= 11 is 12.3. The Morgan fingerprint density at radius 3 is 2.75 bits per heavy atom. The second-order valence-corrected chi connectivity index (χ2v) is 6.12. The van der Waals surface area contributed by atoms with Crippen LogP contribution in [0.5, 0.6) is 0 Å². The highest BCUT2D eigenvalue weighted by Crippen LogP contribution is 2.36. The molecule has 0 saturated carbocycles. The average molecular weight is 317 g/mol. The molecule has 2 aliphatic rings. The van der Waals surface area contributed by atoms with E-state index in [1.807, 2.05) is 12.1 Å². The average Bonchev–Trinajstić information content (AvgIpc) is 3.23. The SMILES string of the molecule is Clc1ccc(C(CC2CO2)OC2CCCCO2)c(Cl)c1. The van der Waals surface area contributed by atoms with Crippen molar-refractivity contribution in [2.24, 2.45) is 0 Å².